The lowest BCUT2D eigenvalue weighted by atomic mass is 10.7. The number of ether oxygens (including phenoxy) is 1. The lowest BCUT2D eigenvalue weighted by Gasteiger charge is -2.09. The van der Waals surface area contributed by atoms with E-state index < -0.39 is 6.03 Å². The topological polar surface area (TPSA) is 51.1 Å². The van der Waals surface area contributed by atoms with E-state index in [1.165, 1.54) is 21.3 Å². The van der Waals surface area contributed by atoms with Crippen molar-refractivity contribution in [2.75, 3.05) is 21.3 Å². The maximum Gasteiger partial charge on any atom is 0.370 e. The number of hydrogen-bond donors (Lipinski definition) is 0. The third kappa shape index (κ3) is 3.57. The molecular weight excluding hydrogens is 148 g/mol. The summed E-state index contributed by atoms with van der Waals surface area (Å²) >= 11 is 0. The Balaban J connectivity index is 4.05. The molecule has 0 N–H and O–H groups in total. The van der Waals surface area contributed by atoms with E-state index in [4.69, 9.17) is 0 Å². The Labute approximate surface area is 65.6 Å². The van der Waals surface area contributed by atoms with Crippen molar-refractivity contribution in [2.45, 2.75) is 6.92 Å². The Morgan fingerprint density at radius 2 is 2.00 bits per heavy atom. The Kier molecular flexibility index (Phi) is 4.21. The fourth-order valence-electron chi connectivity index (χ4n) is 0.329. The number of rotatable bonds is 1. The molecule has 0 saturated carbocycles. The minimum atomic E-state index is -0.494. The van der Waals surface area contributed by atoms with Crippen molar-refractivity contribution < 1.29 is 14.4 Å². The number of amides is 2. The number of hydrogen-bond acceptors (Lipinski definition) is 3. The molecule has 0 radical (unpaired) electrons. The van der Waals surface area contributed by atoms with Gasteiger partial charge in [0.25, 0.3) is 0 Å². The highest BCUT2D eigenvalue weighted by Crippen LogP contribution is 1.89. The second-order valence-electron chi connectivity index (χ2n) is 1.80. The molecule has 5 heteroatoms. The minimum Gasteiger partial charge on any atom is -0.484 e. The lowest BCUT2D eigenvalue weighted by molar-refractivity contribution is -0.0614. The highest BCUT2D eigenvalue weighted by molar-refractivity contribution is 5.88. The summed E-state index contributed by atoms with van der Waals surface area (Å²) in [5.74, 6) is 0.305. The van der Waals surface area contributed by atoms with Gasteiger partial charge in [0.05, 0.1) is 14.2 Å². The molecule has 0 unspecified atom stereocenters. The number of hydroxylamine groups is 2. The predicted molar refractivity (Wildman–Crippen MR) is 40.3 cm³/mol. The average molecular weight is 160 g/mol. The van der Waals surface area contributed by atoms with Crippen molar-refractivity contribution in [3.05, 3.63) is 0 Å². The Morgan fingerprint density at radius 3 is 2.36 bits per heavy atom. The van der Waals surface area contributed by atoms with Crippen LogP contribution in [0, 0.1) is 0 Å². The van der Waals surface area contributed by atoms with E-state index in [0.29, 0.717) is 5.90 Å². The van der Waals surface area contributed by atoms with Crippen LogP contribution in [0.4, 0.5) is 4.79 Å². The molecule has 0 aromatic heterocycles. The smallest absolute Gasteiger partial charge is 0.370 e. The fourth-order valence-corrected chi connectivity index (χ4v) is 0.329. The molecule has 0 aliphatic heterocycles. The van der Waals surface area contributed by atoms with Crippen LogP contribution in [0.3, 0.4) is 0 Å². The number of nitrogens with zero attached hydrogens (tertiary/aromatic N) is 2. The largest absolute Gasteiger partial charge is 0.484 e. The van der Waals surface area contributed by atoms with Gasteiger partial charge < -0.3 is 4.74 Å². The van der Waals surface area contributed by atoms with Crippen LogP contribution in [-0.4, -0.2) is 38.3 Å². The molecule has 0 aromatic rings. The molecule has 0 spiro atoms. The van der Waals surface area contributed by atoms with Crippen molar-refractivity contribution >= 4 is 11.9 Å². The Hall–Kier alpha value is -1.10. The van der Waals surface area contributed by atoms with Crippen molar-refractivity contribution in [3.8, 4) is 0 Å². The molecule has 0 heterocycles. The van der Waals surface area contributed by atoms with Gasteiger partial charge in [-0.15, -0.1) is 0 Å². The van der Waals surface area contributed by atoms with E-state index in [1.807, 2.05) is 0 Å². The SMILES string of the molecule is COC(C)=NC(=O)N(C)OC. The second-order valence-corrected chi connectivity index (χ2v) is 1.80. The van der Waals surface area contributed by atoms with Gasteiger partial charge in [0, 0.05) is 14.0 Å². The number of urea groups is 1. The first kappa shape index (κ1) is 9.90. The van der Waals surface area contributed by atoms with Gasteiger partial charge in [-0.1, -0.05) is 0 Å². The van der Waals surface area contributed by atoms with Gasteiger partial charge in [0.1, 0.15) is 0 Å². The van der Waals surface area contributed by atoms with E-state index in [2.05, 4.69) is 14.6 Å². The van der Waals surface area contributed by atoms with Crippen LogP contribution in [0.1, 0.15) is 6.92 Å². The van der Waals surface area contributed by atoms with Gasteiger partial charge in [-0.3, -0.25) is 4.84 Å². The van der Waals surface area contributed by atoms with Crippen molar-refractivity contribution in [1.29, 1.82) is 0 Å². The highest BCUT2D eigenvalue weighted by Gasteiger charge is 2.05. The molecule has 0 aromatic carbocycles. The van der Waals surface area contributed by atoms with Gasteiger partial charge >= 0.3 is 6.03 Å². The maximum absolute atomic E-state index is 10.9. The molecule has 11 heavy (non-hydrogen) atoms. The van der Waals surface area contributed by atoms with Gasteiger partial charge in [-0.25, -0.2) is 9.86 Å². The molecular formula is C6H12N2O3. The van der Waals surface area contributed by atoms with E-state index in [1.54, 1.807) is 6.92 Å². The number of aliphatic imine (C=N–C) groups is 1. The van der Waals surface area contributed by atoms with Gasteiger partial charge in [0.2, 0.25) is 0 Å². The highest BCUT2D eigenvalue weighted by atomic mass is 16.7. The zero-order valence-corrected chi connectivity index (χ0v) is 7.12. The summed E-state index contributed by atoms with van der Waals surface area (Å²) in [7, 11) is 4.29. The third-order valence-electron chi connectivity index (χ3n) is 1.09. The third-order valence-corrected chi connectivity index (χ3v) is 1.09. The zero-order chi connectivity index (χ0) is 8.85. The number of methoxy groups -OCH3 is 1. The van der Waals surface area contributed by atoms with Crippen LogP contribution >= 0.6 is 0 Å². The summed E-state index contributed by atoms with van der Waals surface area (Å²) in [4.78, 5) is 19.0. The minimum absolute atomic E-state index is 0.305. The summed E-state index contributed by atoms with van der Waals surface area (Å²) in [5, 5.41) is 1.00. The first-order valence-corrected chi connectivity index (χ1v) is 3.03. The monoisotopic (exact) mass is 160 g/mol. The lowest BCUT2D eigenvalue weighted by Crippen LogP contribution is -2.23. The molecule has 2 amide bonds. The number of carbonyl (C=O) groups is 1. The van der Waals surface area contributed by atoms with E-state index in [-0.39, 0.29) is 0 Å². The molecule has 0 aliphatic carbocycles. The predicted octanol–water partition coefficient (Wildman–Crippen LogP) is 0.664. The second kappa shape index (κ2) is 4.68. The standard InChI is InChI=1S/C6H12N2O3/c1-5(10-3)7-6(9)8(2)11-4/h1-4H3. The molecule has 0 saturated heterocycles. The molecule has 0 rings (SSSR count). The molecule has 64 valence electrons. The molecule has 0 aliphatic rings. The molecule has 0 fully saturated rings. The van der Waals surface area contributed by atoms with Gasteiger partial charge in [0.15, 0.2) is 5.90 Å². The van der Waals surface area contributed by atoms with Crippen LogP contribution in [0.15, 0.2) is 4.99 Å². The van der Waals surface area contributed by atoms with E-state index in [9.17, 15) is 4.79 Å². The summed E-state index contributed by atoms with van der Waals surface area (Å²) in [6, 6.07) is -0.494. The maximum atomic E-state index is 10.9. The number of carbonyl (C=O) groups excluding carboxylic acids is 1. The summed E-state index contributed by atoms with van der Waals surface area (Å²) in [6.45, 7) is 1.58. The molecule has 5 nitrogen and oxygen atoms in total. The van der Waals surface area contributed by atoms with Crippen LogP contribution in [0.25, 0.3) is 0 Å². The zero-order valence-electron chi connectivity index (χ0n) is 7.12. The Bertz CT molecular complexity index is 167. The molecule has 0 atom stereocenters. The van der Waals surface area contributed by atoms with Crippen molar-refractivity contribution in [2.24, 2.45) is 4.99 Å². The van der Waals surface area contributed by atoms with E-state index >= 15 is 0 Å². The normalized spacial score (nSPS) is 11.1. The summed E-state index contributed by atoms with van der Waals surface area (Å²) < 4.78 is 4.66. The average Bonchev–Trinajstić information content (AvgIpc) is 2.02. The van der Waals surface area contributed by atoms with Crippen LogP contribution in [-0.2, 0) is 9.57 Å². The van der Waals surface area contributed by atoms with Crippen molar-refractivity contribution in [3.63, 3.8) is 0 Å². The summed E-state index contributed by atoms with van der Waals surface area (Å²) in [5.41, 5.74) is 0. The van der Waals surface area contributed by atoms with E-state index in [0.717, 1.165) is 5.06 Å². The summed E-state index contributed by atoms with van der Waals surface area (Å²) in [6.07, 6.45) is 0. The quantitative estimate of drug-likeness (QED) is 0.322. The first-order chi connectivity index (χ1) is 5.11. The fraction of sp³-hybridized carbons (Fsp3) is 0.667. The van der Waals surface area contributed by atoms with Crippen molar-refractivity contribution in [1.82, 2.24) is 5.06 Å². The van der Waals surface area contributed by atoms with Crippen LogP contribution in [0.2, 0.25) is 0 Å². The van der Waals surface area contributed by atoms with Gasteiger partial charge in [-0.2, -0.15) is 4.99 Å². The molecule has 0 bridgehead atoms. The van der Waals surface area contributed by atoms with Crippen LogP contribution in [0.5, 0.6) is 0 Å². The Morgan fingerprint density at radius 1 is 1.45 bits per heavy atom. The first-order valence-electron chi connectivity index (χ1n) is 3.03. The van der Waals surface area contributed by atoms with Crippen LogP contribution < -0.4 is 0 Å². The van der Waals surface area contributed by atoms with Gasteiger partial charge in [-0.05, 0) is 0 Å².